The average molecular weight is 419 g/mol. The summed E-state index contributed by atoms with van der Waals surface area (Å²) in [5.74, 6) is -0.0208. The summed E-state index contributed by atoms with van der Waals surface area (Å²) < 4.78 is -0.533. The van der Waals surface area contributed by atoms with E-state index in [1.165, 1.54) is 6.92 Å². The van der Waals surface area contributed by atoms with Crippen LogP contribution >= 0.6 is 11.8 Å². The minimum absolute atomic E-state index is 0.208. The first-order chi connectivity index (χ1) is 14.6. The van der Waals surface area contributed by atoms with E-state index in [4.69, 9.17) is 0 Å². The van der Waals surface area contributed by atoms with Gasteiger partial charge in [0.25, 0.3) is 0 Å². The van der Waals surface area contributed by atoms with Crippen molar-refractivity contribution in [2.24, 2.45) is 0 Å². The molecule has 0 aliphatic rings. The molecule has 0 fully saturated rings. The molecule has 0 unspecified atom stereocenters. The highest BCUT2D eigenvalue weighted by molar-refractivity contribution is 8.00. The summed E-state index contributed by atoms with van der Waals surface area (Å²) in [6.45, 7) is 1.43. The van der Waals surface area contributed by atoms with Gasteiger partial charge in [-0.15, -0.1) is 11.8 Å². The molecule has 3 aromatic carbocycles. The molecule has 0 aliphatic heterocycles. The van der Waals surface area contributed by atoms with Crippen LogP contribution in [0.4, 0.5) is 0 Å². The molecule has 3 rings (SSSR count). The Bertz CT molecular complexity index is 866. The molecule has 30 heavy (non-hydrogen) atoms. The van der Waals surface area contributed by atoms with E-state index in [2.05, 4.69) is 47.0 Å². The molecule has 2 N–H and O–H groups in total. The van der Waals surface area contributed by atoms with Gasteiger partial charge in [0.1, 0.15) is 6.04 Å². The van der Waals surface area contributed by atoms with Crippen LogP contribution < -0.4 is 10.6 Å². The van der Waals surface area contributed by atoms with Gasteiger partial charge in [-0.2, -0.15) is 0 Å². The molecule has 0 saturated heterocycles. The highest BCUT2D eigenvalue weighted by atomic mass is 32.2. The van der Waals surface area contributed by atoms with Gasteiger partial charge in [-0.25, -0.2) is 0 Å². The third-order valence-electron chi connectivity index (χ3n) is 4.95. The van der Waals surface area contributed by atoms with Gasteiger partial charge < -0.3 is 10.6 Å². The van der Waals surface area contributed by atoms with Gasteiger partial charge in [0.05, 0.1) is 4.75 Å². The Morgan fingerprint density at radius 3 is 1.53 bits per heavy atom. The first kappa shape index (κ1) is 21.7. The summed E-state index contributed by atoms with van der Waals surface area (Å²) in [7, 11) is 1.58. The van der Waals surface area contributed by atoms with Gasteiger partial charge in [0.2, 0.25) is 11.8 Å². The molecule has 1 atom stereocenters. The van der Waals surface area contributed by atoms with Crippen LogP contribution in [0.25, 0.3) is 0 Å². The Labute approximate surface area is 182 Å². The molecule has 154 valence electrons. The lowest BCUT2D eigenvalue weighted by Crippen LogP contribution is -2.47. The first-order valence-electron chi connectivity index (χ1n) is 9.87. The van der Waals surface area contributed by atoms with E-state index >= 15 is 0 Å². The number of likely N-dealkylation sites (N-methyl/N-ethyl adjacent to an activating group) is 1. The topological polar surface area (TPSA) is 58.2 Å². The van der Waals surface area contributed by atoms with Gasteiger partial charge in [0, 0.05) is 19.7 Å². The van der Waals surface area contributed by atoms with E-state index in [-0.39, 0.29) is 11.8 Å². The lowest BCUT2D eigenvalue weighted by molar-refractivity contribution is -0.127. The number of thioether (sulfide) groups is 1. The fraction of sp³-hybridized carbons (Fsp3) is 0.200. The summed E-state index contributed by atoms with van der Waals surface area (Å²) >= 11 is 1.65. The molecule has 3 aromatic rings. The number of amides is 2. The molecule has 0 bridgehead atoms. The molecule has 0 heterocycles. The zero-order valence-corrected chi connectivity index (χ0v) is 18.0. The van der Waals surface area contributed by atoms with E-state index < -0.39 is 10.8 Å². The van der Waals surface area contributed by atoms with Crippen molar-refractivity contribution >= 4 is 23.6 Å². The first-order valence-corrected chi connectivity index (χ1v) is 10.9. The van der Waals surface area contributed by atoms with Crippen molar-refractivity contribution in [1.82, 2.24) is 10.6 Å². The molecule has 2 amide bonds. The average Bonchev–Trinajstić information content (AvgIpc) is 2.80. The summed E-state index contributed by atoms with van der Waals surface area (Å²) in [6.07, 6.45) is 0. The van der Waals surface area contributed by atoms with E-state index in [1.807, 2.05) is 54.6 Å². The molecular formula is C25H26N2O2S. The second-order valence-corrected chi connectivity index (χ2v) is 8.19. The summed E-state index contributed by atoms with van der Waals surface area (Å²) in [4.78, 5) is 24.1. The minimum atomic E-state index is -0.631. The second kappa shape index (κ2) is 10.1. The van der Waals surface area contributed by atoms with Crippen LogP contribution in [0.1, 0.15) is 23.6 Å². The quantitative estimate of drug-likeness (QED) is 0.545. The Kier molecular flexibility index (Phi) is 7.31. The Balaban J connectivity index is 2.13. The van der Waals surface area contributed by atoms with Gasteiger partial charge in [-0.1, -0.05) is 91.0 Å². The zero-order valence-electron chi connectivity index (χ0n) is 17.2. The van der Waals surface area contributed by atoms with Crippen LogP contribution in [-0.2, 0) is 14.3 Å². The molecule has 5 heteroatoms. The summed E-state index contributed by atoms with van der Waals surface area (Å²) in [5, 5.41) is 5.44. The summed E-state index contributed by atoms with van der Waals surface area (Å²) in [5.41, 5.74) is 3.35. The predicted molar refractivity (Wildman–Crippen MR) is 123 cm³/mol. The van der Waals surface area contributed by atoms with Crippen LogP contribution in [0.2, 0.25) is 0 Å². The molecule has 0 aromatic heterocycles. The van der Waals surface area contributed by atoms with Crippen molar-refractivity contribution in [2.45, 2.75) is 17.7 Å². The third-order valence-corrected chi connectivity index (χ3v) is 6.59. The van der Waals surface area contributed by atoms with Crippen LogP contribution in [0.3, 0.4) is 0 Å². The minimum Gasteiger partial charge on any atom is -0.357 e. The largest absolute Gasteiger partial charge is 0.357 e. The SMILES string of the molecule is CNC(=O)[C@H](CSC(c1ccccc1)(c1ccccc1)c1ccccc1)NC(C)=O. The van der Waals surface area contributed by atoms with Crippen molar-refractivity contribution in [2.75, 3.05) is 12.8 Å². The van der Waals surface area contributed by atoms with Crippen molar-refractivity contribution in [3.8, 4) is 0 Å². The number of hydrogen-bond donors (Lipinski definition) is 2. The zero-order chi connectivity index (χ0) is 21.4. The second-order valence-electron chi connectivity index (χ2n) is 6.96. The van der Waals surface area contributed by atoms with Gasteiger partial charge in [0.15, 0.2) is 0 Å². The summed E-state index contributed by atoms with van der Waals surface area (Å²) in [6, 6.07) is 30.2. The maximum Gasteiger partial charge on any atom is 0.243 e. The number of nitrogens with one attached hydrogen (secondary N) is 2. The van der Waals surface area contributed by atoms with E-state index in [9.17, 15) is 9.59 Å². The number of benzene rings is 3. The van der Waals surface area contributed by atoms with Crippen molar-refractivity contribution in [1.29, 1.82) is 0 Å². The van der Waals surface area contributed by atoms with Crippen molar-refractivity contribution < 1.29 is 9.59 Å². The number of rotatable bonds is 8. The highest BCUT2D eigenvalue weighted by Crippen LogP contribution is 2.48. The Morgan fingerprint density at radius 2 is 1.20 bits per heavy atom. The lowest BCUT2D eigenvalue weighted by atomic mass is 9.84. The van der Waals surface area contributed by atoms with E-state index in [0.29, 0.717) is 5.75 Å². The molecule has 4 nitrogen and oxygen atoms in total. The Morgan fingerprint density at radius 1 is 0.800 bits per heavy atom. The molecule has 0 spiro atoms. The lowest BCUT2D eigenvalue weighted by Gasteiger charge is -2.36. The maximum atomic E-state index is 12.4. The number of carbonyl (C=O) groups excluding carboxylic acids is 2. The number of carbonyl (C=O) groups is 2. The molecule has 0 saturated carbocycles. The van der Waals surface area contributed by atoms with Crippen molar-refractivity contribution in [3.63, 3.8) is 0 Å². The van der Waals surface area contributed by atoms with Crippen LogP contribution in [0.5, 0.6) is 0 Å². The smallest absolute Gasteiger partial charge is 0.243 e. The number of hydrogen-bond acceptors (Lipinski definition) is 3. The Hall–Kier alpha value is -3.05. The standard InChI is InChI=1S/C25H26N2O2S/c1-19(28)27-23(24(29)26-2)18-30-25(20-12-6-3-7-13-20,21-14-8-4-9-15-21)22-16-10-5-11-17-22/h3-17,23H,18H2,1-2H3,(H,26,29)(H,27,28)/t23-/m0/s1. The van der Waals surface area contributed by atoms with Gasteiger partial charge >= 0.3 is 0 Å². The highest BCUT2D eigenvalue weighted by Gasteiger charge is 2.38. The predicted octanol–water partition coefficient (Wildman–Crippen LogP) is 3.96. The van der Waals surface area contributed by atoms with Gasteiger partial charge in [-0.05, 0) is 16.7 Å². The molecule has 0 radical (unpaired) electrons. The maximum absolute atomic E-state index is 12.4. The van der Waals surface area contributed by atoms with E-state index in [1.54, 1.807) is 18.8 Å². The van der Waals surface area contributed by atoms with Gasteiger partial charge in [-0.3, -0.25) is 9.59 Å². The molecule has 0 aliphatic carbocycles. The normalized spacial score (nSPS) is 12.1. The van der Waals surface area contributed by atoms with Crippen LogP contribution in [0.15, 0.2) is 91.0 Å². The third kappa shape index (κ3) is 4.74. The fourth-order valence-electron chi connectivity index (χ4n) is 3.58. The monoisotopic (exact) mass is 418 g/mol. The molecular weight excluding hydrogens is 392 g/mol. The fourth-order valence-corrected chi connectivity index (χ4v) is 5.14. The van der Waals surface area contributed by atoms with Crippen molar-refractivity contribution in [3.05, 3.63) is 108 Å². The van der Waals surface area contributed by atoms with Crippen LogP contribution in [0, 0.1) is 0 Å². The van der Waals surface area contributed by atoms with E-state index in [0.717, 1.165) is 16.7 Å². The van der Waals surface area contributed by atoms with Crippen LogP contribution in [-0.4, -0.2) is 30.7 Å².